The van der Waals surface area contributed by atoms with E-state index in [1.165, 1.54) is 0 Å². The first-order valence-corrected chi connectivity index (χ1v) is 8.37. The number of hydrogen-bond acceptors (Lipinski definition) is 6. The normalized spacial score (nSPS) is 10.9. The SMILES string of the molecule is CCCn1nnnc1NCc1cc(Br)c(OC(C)C)c(OC)c1. The Kier molecular flexibility index (Phi) is 6.20. The molecule has 23 heavy (non-hydrogen) atoms. The van der Waals surface area contributed by atoms with E-state index in [4.69, 9.17) is 9.47 Å². The van der Waals surface area contributed by atoms with E-state index in [1.807, 2.05) is 26.0 Å². The highest BCUT2D eigenvalue weighted by Gasteiger charge is 2.13. The molecule has 0 saturated carbocycles. The number of halogens is 1. The van der Waals surface area contributed by atoms with Crippen molar-refractivity contribution in [2.75, 3.05) is 12.4 Å². The Morgan fingerprint density at radius 1 is 1.35 bits per heavy atom. The van der Waals surface area contributed by atoms with E-state index in [1.54, 1.807) is 11.8 Å². The molecule has 0 amide bonds. The van der Waals surface area contributed by atoms with Crippen LogP contribution in [0.3, 0.4) is 0 Å². The Balaban J connectivity index is 2.14. The minimum absolute atomic E-state index is 0.0721. The number of nitrogens with one attached hydrogen (secondary N) is 1. The second kappa shape index (κ2) is 8.14. The Morgan fingerprint density at radius 3 is 2.78 bits per heavy atom. The second-order valence-electron chi connectivity index (χ2n) is 5.35. The molecule has 0 fully saturated rings. The highest BCUT2D eigenvalue weighted by molar-refractivity contribution is 9.10. The fourth-order valence-electron chi connectivity index (χ4n) is 2.10. The van der Waals surface area contributed by atoms with Crippen LogP contribution >= 0.6 is 15.9 Å². The van der Waals surface area contributed by atoms with Crippen molar-refractivity contribution in [2.24, 2.45) is 0 Å². The number of nitrogens with zero attached hydrogens (tertiary/aromatic N) is 4. The average Bonchev–Trinajstić information content (AvgIpc) is 2.94. The van der Waals surface area contributed by atoms with Crippen LogP contribution in [0.1, 0.15) is 32.8 Å². The molecule has 8 heteroatoms. The molecule has 2 rings (SSSR count). The lowest BCUT2D eigenvalue weighted by Gasteiger charge is -2.16. The summed E-state index contributed by atoms with van der Waals surface area (Å²) in [5.74, 6) is 2.06. The summed E-state index contributed by atoms with van der Waals surface area (Å²) in [7, 11) is 1.63. The van der Waals surface area contributed by atoms with Crippen LogP contribution in [0.25, 0.3) is 0 Å². The molecule has 7 nitrogen and oxygen atoms in total. The zero-order valence-corrected chi connectivity index (χ0v) is 15.4. The fourth-order valence-corrected chi connectivity index (χ4v) is 2.68. The molecule has 1 aromatic carbocycles. The van der Waals surface area contributed by atoms with Gasteiger partial charge in [0.1, 0.15) is 0 Å². The molecule has 0 spiro atoms. The Hall–Kier alpha value is -1.83. The lowest BCUT2D eigenvalue weighted by molar-refractivity contribution is 0.228. The van der Waals surface area contributed by atoms with Gasteiger partial charge in [0, 0.05) is 13.1 Å². The van der Waals surface area contributed by atoms with E-state index in [-0.39, 0.29) is 6.10 Å². The Bertz CT molecular complexity index is 645. The third-order valence-corrected chi connectivity index (χ3v) is 3.65. The summed E-state index contributed by atoms with van der Waals surface area (Å²) in [5.41, 5.74) is 1.04. The van der Waals surface area contributed by atoms with E-state index in [9.17, 15) is 0 Å². The summed E-state index contributed by atoms with van der Waals surface area (Å²) in [6.07, 6.45) is 1.04. The molecule has 1 heterocycles. The van der Waals surface area contributed by atoms with Crippen molar-refractivity contribution in [3.8, 4) is 11.5 Å². The molecule has 2 aromatic rings. The van der Waals surface area contributed by atoms with Crippen LogP contribution < -0.4 is 14.8 Å². The van der Waals surface area contributed by atoms with Gasteiger partial charge in [-0.3, -0.25) is 0 Å². The predicted molar refractivity (Wildman–Crippen MR) is 91.9 cm³/mol. The highest BCUT2D eigenvalue weighted by atomic mass is 79.9. The minimum atomic E-state index is 0.0721. The van der Waals surface area contributed by atoms with Crippen LogP contribution in [0, 0.1) is 0 Å². The largest absolute Gasteiger partial charge is 0.493 e. The van der Waals surface area contributed by atoms with Gasteiger partial charge in [-0.2, -0.15) is 0 Å². The van der Waals surface area contributed by atoms with Crippen LogP contribution in [-0.2, 0) is 13.1 Å². The van der Waals surface area contributed by atoms with Gasteiger partial charge in [-0.05, 0) is 64.3 Å². The number of ether oxygens (including phenoxy) is 2. The predicted octanol–water partition coefficient (Wildman–Crippen LogP) is 3.25. The molecule has 0 saturated heterocycles. The van der Waals surface area contributed by atoms with Gasteiger partial charge >= 0.3 is 0 Å². The number of anilines is 1. The summed E-state index contributed by atoms with van der Waals surface area (Å²) in [5, 5.41) is 14.9. The third-order valence-electron chi connectivity index (χ3n) is 3.06. The molecular weight excluding hydrogens is 362 g/mol. The zero-order chi connectivity index (χ0) is 16.8. The summed E-state index contributed by atoms with van der Waals surface area (Å²) >= 11 is 3.55. The summed E-state index contributed by atoms with van der Waals surface area (Å²) in [4.78, 5) is 0. The van der Waals surface area contributed by atoms with Gasteiger partial charge in [-0.15, -0.1) is 0 Å². The number of rotatable bonds is 8. The smallest absolute Gasteiger partial charge is 0.243 e. The van der Waals surface area contributed by atoms with E-state index in [0.717, 1.165) is 23.0 Å². The van der Waals surface area contributed by atoms with E-state index in [2.05, 4.69) is 43.7 Å². The summed E-state index contributed by atoms with van der Waals surface area (Å²) in [6, 6.07) is 3.95. The maximum atomic E-state index is 5.79. The molecule has 0 atom stereocenters. The first-order valence-electron chi connectivity index (χ1n) is 7.58. The van der Waals surface area contributed by atoms with Crippen molar-refractivity contribution < 1.29 is 9.47 Å². The standard InChI is InChI=1S/C15H22BrN5O2/c1-5-6-21-15(18-19-20-21)17-9-11-7-12(16)14(23-10(2)3)13(8-11)22-4/h7-8,10H,5-6,9H2,1-4H3,(H,17,18,20). The van der Waals surface area contributed by atoms with Crippen LogP contribution in [0.4, 0.5) is 5.95 Å². The fraction of sp³-hybridized carbons (Fsp3) is 0.533. The van der Waals surface area contributed by atoms with Gasteiger partial charge in [-0.25, -0.2) is 4.68 Å². The van der Waals surface area contributed by atoms with E-state index in [0.29, 0.717) is 24.0 Å². The number of benzene rings is 1. The zero-order valence-electron chi connectivity index (χ0n) is 13.8. The average molecular weight is 384 g/mol. The molecule has 0 radical (unpaired) electrons. The quantitative estimate of drug-likeness (QED) is 0.753. The Labute approximate surface area is 144 Å². The van der Waals surface area contributed by atoms with Crippen LogP contribution in [0.5, 0.6) is 11.5 Å². The van der Waals surface area contributed by atoms with E-state index < -0.39 is 0 Å². The topological polar surface area (TPSA) is 74.1 Å². The molecule has 0 bridgehead atoms. The monoisotopic (exact) mass is 383 g/mol. The number of aromatic nitrogens is 4. The number of hydrogen-bond donors (Lipinski definition) is 1. The molecule has 1 N–H and O–H groups in total. The van der Waals surface area contributed by atoms with Gasteiger partial charge in [0.15, 0.2) is 11.5 Å². The molecule has 0 aliphatic rings. The number of aryl methyl sites for hydroxylation is 1. The van der Waals surface area contributed by atoms with Gasteiger partial charge < -0.3 is 14.8 Å². The van der Waals surface area contributed by atoms with Gasteiger partial charge in [-0.1, -0.05) is 12.0 Å². The third kappa shape index (κ3) is 4.57. The molecular formula is C15H22BrN5O2. The maximum absolute atomic E-state index is 5.79. The second-order valence-corrected chi connectivity index (χ2v) is 6.21. The first-order chi connectivity index (χ1) is 11.0. The van der Waals surface area contributed by atoms with Gasteiger partial charge in [0.05, 0.1) is 17.7 Å². The van der Waals surface area contributed by atoms with Crippen LogP contribution in [0.15, 0.2) is 16.6 Å². The van der Waals surface area contributed by atoms with Crippen molar-refractivity contribution in [3.63, 3.8) is 0 Å². The van der Waals surface area contributed by atoms with Crippen molar-refractivity contribution in [3.05, 3.63) is 22.2 Å². The summed E-state index contributed by atoms with van der Waals surface area (Å²) < 4.78 is 13.8. The lowest BCUT2D eigenvalue weighted by Crippen LogP contribution is -2.10. The van der Waals surface area contributed by atoms with Crippen molar-refractivity contribution in [2.45, 2.75) is 46.4 Å². The van der Waals surface area contributed by atoms with Gasteiger partial charge in [0.25, 0.3) is 0 Å². The van der Waals surface area contributed by atoms with Crippen molar-refractivity contribution in [1.82, 2.24) is 20.2 Å². The van der Waals surface area contributed by atoms with Crippen molar-refractivity contribution >= 4 is 21.9 Å². The van der Waals surface area contributed by atoms with E-state index >= 15 is 0 Å². The molecule has 0 aliphatic carbocycles. The Morgan fingerprint density at radius 2 is 2.13 bits per heavy atom. The van der Waals surface area contributed by atoms with Crippen LogP contribution in [0.2, 0.25) is 0 Å². The highest BCUT2D eigenvalue weighted by Crippen LogP contribution is 2.37. The molecule has 126 valence electrons. The molecule has 0 aliphatic heterocycles. The number of methoxy groups -OCH3 is 1. The maximum Gasteiger partial charge on any atom is 0.243 e. The van der Waals surface area contributed by atoms with Crippen LogP contribution in [-0.4, -0.2) is 33.4 Å². The summed E-state index contributed by atoms with van der Waals surface area (Å²) in [6.45, 7) is 7.41. The lowest BCUT2D eigenvalue weighted by atomic mass is 10.2. The molecule has 1 aromatic heterocycles. The first kappa shape index (κ1) is 17.5. The minimum Gasteiger partial charge on any atom is -0.493 e. The molecule has 0 unspecified atom stereocenters. The van der Waals surface area contributed by atoms with Gasteiger partial charge in [0.2, 0.25) is 5.95 Å². The van der Waals surface area contributed by atoms with Crippen molar-refractivity contribution in [1.29, 1.82) is 0 Å². The number of tetrazole rings is 1.